The molecule has 1 aliphatic rings. The summed E-state index contributed by atoms with van der Waals surface area (Å²) in [6, 6.07) is 9.76. The molecule has 2 unspecified atom stereocenters. The van der Waals surface area contributed by atoms with Crippen LogP contribution >= 0.6 is 0 Å². The first-order valence-electron chi connectivity index (χ1n) is 7.68. The predicted molar refractivity (Wildman–Crippen MR) is 79.1 cm³/mol. The van der Waals surface area contributed by atoms with Gasteiger partial charge in [0.1, 0.15) is 0 Å². The molecule has 0 bridgehead atoms. The van der Waals surface area contributed by atoms with E-state index in [9.17, 15) is 0 Å². The molecule has 0 saturated heterocycles. The second-order valence-electron chi connectivity index (χ2n) is 5.55. The van der Waals surface area contributed by atoms with Crippen LogP contribution in [0.15, 0.2) is 24.3 Å². The molecular weight excluding hydrogens is 218 g/mol. The number of aryl methyl sites for hydroxylation is 1. The van der Waals surface area contributed by atoms with Crippen molar-refractivity contribution in [3.63, 3.8) is 0 Å². The van der Waals surface area contributed by atoms with Crippen LogP contribution in [0.25, 0.3) is 0 Å². The molecule has 1 heteroatoms. The van der Waals surface area contributed by atoms with Gasteiger partial charge in [0.2, 0.25) is 0 Å². The van der Waals surface area contributed by atoms with E-state index < -0.39 is 0 Å². The van der Waals surface area contributed by atoms with Gasteiger partial charge in [-0.2, -0.15) is 0 Å². The topological polar surface area (TPSA) is 12.0 Å². The number of nitrogens with one attached hydrogen (secondary N) is 1. The highest BCUT2D eigenvalue weighted by molar-refractivity contribution is 5.33. The van der Waals surface area contributed by atoms with Crippen molar-refractivity contribution < 1.29 is 0 Å². The lowest BCUT2D eigenvalue weighted by atomic mass is 9.77. The highest BCUT2D eigenvalue weighted by Crippen LogP contribution is 2.35. The van der Waals surface area contributed by atoms with Crippen LogP contribution in [0.4, 0.5) is 0 Å². The molecule has 0 aromatic heterocycles. The summed E-state index contributed by atoms with van der Waals surface area (Å²) in [4.78, 5) is 0. The minimum absolute atomic E-state index is 0.677. The van der Waals surface area contributed by atoms with Gasteiger partial charge in [0.25, 0.3) is 0 Å². The van der Waals surface area contributed by atoms with Crippen molar-refractivity contribution in [3.05, 3.63) is 35.4 Å². The van der Waals surface area contributed by atoms with Crippen LogP contribution in [0.1, 0.15) is 63.0 Å². The minimum atomic E-state index is 0.677. The van der Waals surface area contributed by atoms with Crippen molar-refractivity contribution in [2.24, 2.45) is 0 Å². The average molecular weight is 245 g/mol. The smallest absolute Gasteiger partial charge is 0.0136 e. The fraction of sp³-hybridized carbons (Fsp3) is 0.647. The van der Waals surface area contributed by atoms with Gasteiger partial charge in [0.05, 0.1) is 0 Å². The maximum Gasteiger partial charge on any atom is 0.0136 e. The molecule has 2 atom stereocenters. The minimum Gasteiger partial charge on any atom is -0.313 e. The van der Waals surface area contributed by atoms with E-state index in [-0.39, 0.29) is 0 Å². The van der Waals surface area contributed by atoms with E-state index in [2.05, 4.69) is 43.4 Å². The van der Waals surface area contributed by atoms with Gasteiger partial charge in [-0.15, -0.1) is 0 Å². The molecule has 1 aromatic carbocycles. The largest absolute Gasteiger partial charge is 0.313 e. The highest BCUT2D eigenvalue weighted by Gasteiger charge is 2.26. The average Bonchev–Trinajstić information content (AvgIpc) is 2.43. The first kappa shape index (κ1) is 13.6. The monoisotopic (exact) mass is 245 g/mol. The summed E-state index contributed by atoms with van der Waals surface area (Å²) in [5, 5.41) is 3.78. The van der Waals surface area contributed by atoms with Gasteiger partial charge in [-0.05, 0) is 55.7 Å². The van der Waals surface area contributed by atoms with Crippen molar-refractivity contribution >= 4 is 0 Å². The van der Waals surface area contributed by atoms with E-state index >= 15 is 0 Å². The van der Waals surface area contributed by atoms with Gasteiger partial charge in [-0.25, -0.2) is 0 Å². The third kappa shape index (κ3) is 3.14. The standard InChI is InChI=1S/C17H27N/c1-3-8-17(18-13-4-2)16-12-7-10-14-9-5-6-11-15(14)16/h5-6,9,11,16-18H,3-4,7-8,10,12-13H2,1-2H3. The third-order valence-corrected chi connectivity index (χ3v) is 4.16. The molecule has 0 saturated carbocycles. The zero-order chi connectivity index (χ0) is 12.8. The summed E-state index contributed by atoms with van der Waals surface area (Å²) < 4.78 is 0. The first-order chi connectivity index (χ1) is 8.86. The van der Waals surface area contributed by atoms with Crippen molar-refractivity contribution in [2.75, 3.05) is 6.54 Å². The van der Waals surface area contributed by atoms with E-state index in [1.165, 1.54) is 38.5 Å². The molecule has 18 heavy (non-hydrogen) atoms. The molecule has 1 nitrogen and oxygen atoms in total. The second kappa shape index (κ2) is 6.94. The third-order valence-electron chi connectivity index (χ3n) is 4.16. The Balaban J connectivity index is 2.15. The molecule has 1 aromatic rings. The molecule has 0 aliphatic heterocycles. The number of fused-ring (bicyclic) bond motifs is 1. The van der Waals surface area contributed by atoms with Crippen LogP contribution in [-0.2, 0) is 6.42 Å². The zero-order valence-corrected chi connectivity index (χ0v) is 11.9. The van der Waals surface area contributed by atoms with Crippen molar-refractivity contribution in [2.45, 2.75) is 64.3 Å². The fourth-order valence-electron chi connectivity index (χ4n) is 3.30. The van der Waals surface area contributed by atoms with E-state index in [4.69, 9.17) is 0 Å². The van der Waals surface area contributed by atoms with Crippen molar-refractivity contribution in [3.8, 4) is 0 Å². The van der Waals surface area contributed by atoms with Crippen LogP contribution in [0.2, 0.25) is 0 Å². The molecule has 0 amide bonds. The van der Waals surface area contributed by atoms with E-state index in [0.717, 1.165) is 12.5 Å². The summed E-state index contributed by atoms with van der Waals surface area (Å²) in [5.41, 5.74) is 3.21. The SMILES string of the molecule is CCCNC(CCC)C1CCCc2ccccc21. The van der Waals surface area contributed by atoms with E-state index in [0.29, 0.717) is 6.04 Å². The lowest BCUT2D eigenvalue weighted by Gasteiger charge is -2.33. The molecule has 0 heterocycles. The predicted octanol–water partition coefficient (Wildman–Crippen LogP) is 4.27. The Labute approximate surface area is 112 Å². The Bertz CT molecular complexity index is 358. The first-order valence-corrected chi connectivity index (χ1v) is 7.68. The summed E-state index contributed by atoms with van der Waals surface area (Å²) >= 11 is 0. The lowest BCUT2D eigenvalue weighted by molar-refractivity contribution is 0.370. The van der Waals surface area contributed by atoms with Gasteiger partial charge in [-0.1, -0.05) is 44.5 Å². The molecule has 2 rings (SSSR count). The summed E-state index contributed by atoms with van der Waals surface area (Å²) in [6.45, 7) is 5.71. The summed E-state index contributed by atoms with van der Waals surface area (Å²) in [5.74, 6) is 0.737. The van der Waals surface area contributed by atoms with Gasteiger partial charge < -0.3 is 5.32 Å². The molecule has 1 aliphatic carbocycles. The van der Waals surface area contributed by atoms with Crippen LogP contribution < -0.4 is 5.32 Å². The molecule has 0 spiro atoms. The van der Waals surface area contributed by atoms with Crippen molar-refractivity contribution in [1.29, 1.82) is 0 Å². The van der Waals surface area contributed by atoms with Crippen molar-refractivity contribution in [1.82, 2.24) is 5.32 Å². The van der Waals surface area contributed by atoms with E-state index in [1.54, 1.807) is 11.1 Å². The normalized spacial score (nSPS) is 20.4. The maximum atomic E-state index is 3.78. The Morgan fingerprint density at radius 1 is 1.22 bits per heavy atom. The number of hydrogen-bond acceptors (Lipinski definition) is 1. The van der Waals surface area contributed by atoms with Crippen LogP contribution in [0.5, 0.6) is 0 Å². The fourth-order valence-corrected chi connectivity index (χ4v) is 3.30. The Morgan fingerprint density at radius 2 is 2.06 bits per heavy atom. The van der Waals surface area contributed by atoms with Gasteiger partial charge in [-0.3, -0.25) is 0 Å². The second-order valence-corrected chi connectivity index (χ2v) is 5.55. The summed E-state index contributed by atoms with van der Waals surface area (Å²) in [6.07, 6.45) is 7.81. The quantitative estimate of drug-likeness (QED) is 0.789. The van der Waals surface area contributed by atoms with Crippen LogP contribution in [-0.4, -0.2) is 12.6 Å². The van der Waals surface area contributed by atoms with E-state index in [1.807, 2.05) is 0 Å². The maximum absolute atomic E-state index is 3.78. The number of benzene rings is 1. The zero-order valence-electron chi connectivity index (χ0n) is 11.9. The molecule has 100 valence electrons. The Hall–Kier alpha value is -0.820. The van der Waals surface area contributed by atoms with Crippen LogP contribution in [0, 0.1) is 0 Å². The summed E-state index contributed by atoms with van der Waals surface area (Å²) in [7, 11) is 0. The Morgan fingerprint density at radius 3 is 2.83 bits per heavy atom. The highest BCUT2D eigenvalue weighted by atomic mass is 14.9. The number of rotatable bonds is 6. The van der Waals surface area contributed by atoms with Gasteiger partial charge in [0.15, 0.2) is 0 Å². The molecule has 0 fully saturated rings. The van der Waals surface area contributed by atoms with Crippen LogP contribution in [0.3, 0.4) is 0 Å². The number of hydrogen-bond donors (Lipinski definition) is 1. The van der Waals surface area contributed by atoms with Gasteiger partial charge in [0, 0.05) is 6.04 Å². The Kier molecular flexibility index (Phi) is 5.25. The lowest BCUT2D eigenvalue weighted by Crippen LogP contribution is -2.36. The van der Waals surface area contributed by atoms with Gasteiger partial charge >= 0.3 is 0 Å². The molecule has 0 radical (unpaired) electrons. The molecular formula is C17H27N. The molecule has 1 N–H and O–H groups in total.